The first-order valence-corrected chi connectivity index (χ1v) is 21.0. The summed E-state index contributed by atoms with van der Waals surface area (Å²) in [6.45, 7) is 8.29. The van der Waals surface area contributed by atoms with Crippen LogP contribution in [0.15, 0.2) is 53.4 Å². The van der Waals surface area contributed by atoms with E-state index < -0.39 is 57.7 Å². The Balaban J connectivity index is 1.51. The molecule has 13 heteroatoms. The average molecular weight is 764 g/mol. The molecule has 1 fully saturated rings. The highest BCUT2D eigenvalue weighted by molar-refractivity contribution is 7.91. The van der Waals surface area contributed by atoms with Gasteiger partial charge in [0.2, 0.25) is 23.6 Å². The molecule has 1 unspecified atom stereocenters. The number of carbonyl (C=O) groups excluding carboxylic acids is 4. The lowest BCUT2D eigenvalue weighted by molar-refractivity contribution is -0.133. The quantitative estimate of drug-likeness (QED) is 0.150. The van der Waals surface area contributed by atoms with E-state index in [2.05, 4.69) is 21.3 Å². The number of rotatable bonds is 18. The molecule has 0 aromatic heterocycles. The molecule has 1 aliphatic heterocycles. The Morgan fingerprint density at radius 1 is 0.870 bits per heavy atom. The number of fused-ring (bicyclic) bond motifs is 1. The van der Waals surface area contributed by atoms with Crippen LogP contribution in [0.4, 0.5) is 0 Å². The molecule has 1 aliphatic carbocycles. The van der Waals surface area contributed by atoms with Crippen molar-refractivity contribution >= 4 is 33.5 Å². The van der Waals surface area contributed by atoms with Crippen LogP contribution in [0.1, 0.15) is 108 Å². The number of carbonyl (C=O) groups is 4. The Bertz CT molecular complexity index is 1750. The number of nitrogens with one attached hydrogen (secondary N) is 4. The summed E-state index contributed by atoms with van der Waals surface area (Å²) in [4.78, 5) is 54.4. The van der Waals surface area contributed by atoms with E-state index in [1.165, 1.54) is 12.1 Å². The fourth-order valence-electron chi connectivity index (χ4n) is 7.43. The van der Waals surface area contributed by atoms with E-state index in [0.29, 0.717) is 18.5 Å². The molecule has 12 nitrogen and oxygen atoms in total. The molecule has 5 atom stereocenters. The summed E-state index contributed by atoms with van der Waals surface area (Å²) in [6.07, 6.45) is 4.67. The van der Waals surface area contributed by atoms with Crippen LogP contribution >= 0.6 is 0 Å². The molecule has 1 heterocycles. The summed E-state index contributed by atoms with van der Waals surface area (Å²) < 4.78 is 25.8. The van der Waals surface area contributed by atoms with Gasteiger partial charge >= 0.3 is 0 Å². The summed E-state index contributed by atoms with van der Waals surface area (Å²) in [7, 11) is -3.70. The third kappa shape index (κ3) is 12.7. The number of aliphatic hydroxyl groups excluding tert-OH is 1. The zero-order valence-electron chi connectivity index (χ0n) is 32.0. The first kappa shape index (κ1) is 42.5. The maximum atomic E-state index is 14.1. The number of hydrogen-bond donors (Lipinski definition) is 5. The zero-order chi connectivity index (χ0) is 39.4. The lowest BCUT2D eigenvalue weighted by Crippen LogP contribution is -2.57. The fourth-order valence-corrected chi connectivity index (χ4v) is 9.34. The Morgan fingerprint density at radius 2 is 1.56 bits per heavy atom. The number of nitriles is 1. The second kappa shape index (κ2) is 19.9. The molecule has 5 N–H and O–H groups in total. The summed E-state index contributed by atoms with van der Waals surface area (Å²) in [5.74, 6) is -2.29. The van der Waals surface area contributed by atoms with Crippen molar-refractivity contribution in [2.24, 2.45) is 17.8 Å². The van der Waals surface area contributed by atoms with Gasteiger partial charge in [-0.1, -0.05) is 96.2 Å². The highest BCUT2D eigenvalue weighted by Gasteiger charge is 2.37. The molecule has 1 saturated carbocycles. The first-order valence-electron chi connectivity index (χ1n) is 19.3. The Kier molecular flexibility index (Phi) is 15.6. The molecule has 0 spiro atoms. The molecule has 54 heavy (non-hydrogen) atoms. The number of hydrogen-bond acceptors (Lipinski definition) is 8. The average Bonchev–Trinajstić information content (AvgIpc) is 3.38. The first-order chi connectivity index (χ1) is 25.6. The van der Waals surface area contributed by atoms with Crippen LogP contribution in [0.5, 0.6) is 0 Å². The summed E-state index contributed by atoms with van der Waals surface area (Å²) >= 11 is 0. The van der Waals surface area contributed by atoms with E-state index in [1.54, 1.807) is 6.07 Å². The maximum Gasteiger partial charge on any atom is 0.243 e. The van der Waals surface area contributed by atoms with E-state index in [4.69, 9.17) is 0 Å². The van der Waals surface area contributed by atoms with Gasteiger partial charge in [0.25, 0.3) is 0 Å². The minimum atomic E-state index is -3.70. The van der Waals surface area contributed by atoms with Crippen LogP contribution in [0.25, 0.3) is 0 Å². The van der Waals surface area contributed by atoms with Gasteiger partial charge < -0.3 is 26.4 Å². The van der Waals surface area contributed by atoms with Crippen molar-refractivity contribution in [2.45, 2.75) is 127 Å². The normalized spacial score (nSPS) is 18.8. The zero-order valence-corrected chi connectivity index (χ0v) is 32.8. The highest BCUT2D eigenvalue weighted by atomic mass is 32.2. The van der Waals surface area contributed by atoms with Crippen molar-refractivity contribution < 1.29 is 32.7 Å². The number of amides is 4. The van der Waals surface area contributed by atoms with E-state index >= 15 is 0 Å². The fraction of sp³-hybridized carbons (Fsp3) is 0.585. The van der Waals surface area contributed by atoms with Gasteiger partial charge in [-0.3, -0.25) is 19.2 Å². The third-order valence-corrected chi connectivity index (χ3v) is 12.1. The van der Waals surface area contributed by atoms with Gasteiger partial charge in [-0.2, -0.15) is 5.26 Å². The topological polar surface area (TPSA) is 195 Å². The highest BCUT2D eigenvalue weighted by Crippen LogP contribution is 2.37. The lowest BCUT2D eigenvalue weighted by Gasteiger charge is -2.32. The molecule has 2 aromatic rings. The Labute approximate surface area is 320 Å². The maximum absolute atomic E-state index is 14.1. The molecule has 2 aliphatic rings. The summed E-state index contributed by atoms with van der Waals surface area (Å²) in [5, 5.41) is 32.1. The number of nitrogens with zero attached hydrogens (tertiary/aromatic N) is 1. The van der Waals surface area contributed by atoms with Crippen LogP contribution in [-0.2, 0) is 35.4 Å². The molecule has 4 amide bonds. The smallest absolute Gasteiger partial charge is 0.243 e. The van der Waals surface area contributed by atoms with Crippen molar-refractivity contribution in [2.75, 3.05) is 12.3 Å². The van der Waals surface area contributed by atoms with Gasteiger partial charge in [0.1, 0.15) is 12.1 Å². The van der Waals surface area contributed by atoms with Crippen molar-refractivity contribution in [3.63, 3.8) is 0 Å². The van der Waals surface area contributed by atoms with Gasteiger partial charge in [-0.05, 0) is 53.9 Å². The van der Waals surface area contributed by atoms with Crippen LogP contribution in [0.2, 0.25) is 0 Å². The Hall–Kier alpha value is -4.28. The number of sulfone groups is 1. The predicted octanol–water partition coefficient (Wildman–Crippen LogP) is 4.06. The van der Waals surface area contributed by atoms with Crippen LogP contribution in [0, 0.1) is 29.1 Å². The summed E-state index contributed by atoms with van der Waals surface area (Å²) in [6, 6.07) is 12.7. The molecule has 0 saturated heterocycles. The monoisotopic (exact) mass is 763 g/mol. The molecular formula is C41H57N5O7S. The summed E-state index contributed by atoms with van der Waals surface area (Å²) in [5.41, 5.74) is 1.44. The van der Waals surface area contributed by atoms with Crippen molar-refractivity contribution in [1.29, 1.82) is 5.26 Å². The molecule has 0 bridgehead atoms. The van der Waals surface area contributed by atoms with Gasteiger partial charge in [-0.15, -0.1) is 0 Å². The number of benzene rings is 2. The van der Waals surface area contributed by atoms with E-state index in [1.807, 2.05) is 64.1 Å². The van der Waals surface area contributed by atoms with Gasteiger partial charge in [0, 0.05) is 25.3 Å². The number of aliphatic hydroxyl groups is 1. The van der Waals surface area contributed by atoms with Crippen LogP contribution in [0.3, 0.4) is 0 Å². The predicted molar refractivity (Wildman–Crippen MR) is 206 cm³/mol. The minimum absolute atomic E-state index is 0.00215. The van der Waals surface area contributed by atoms with Gasteiger partial charge in [-0.25, -0.2) is 8.42 Å². The van der Waals surface area contributed by atoms with Crippen molar-refractivity contribution in [3.05, 3.63) is 65.2 Å². The Morgan fingerprint density at radius 3 is 2.20 bits per heavy atom. The van der Waals surface area contributed by atoms with Gasteiger partial charge in [0.15, 0.2) is 9.84 Å². The lowest BCUT2D eigenvalue weighted by atomic mass is 9.83. The molecule has 0 radical (unpaired) electrons. The molecule has 4 rings (SSSR count). The van der Waals surface area contributed by atoms with Crippen LogP contribution < -0.4 is 21.3 Å². The SMILES string of the molecule is CC(C)CNC(=O)C[C@H](O)[C@H](CC1CCCCC1)NC(=O)[C@H](CC(C)C)NC(=O)[C@H](Cc1ccccc1)NC(=O)CC1CS(=O)(=O)c2cc(C#N)ccc21. The van der Waals surface area contributed by atoms with Gasteiger partial charge in [0.05, 0.1) is 40.8 Å². The molecular weight excluding hydrogens is 707 g/mol. The second-order valence-electron chi connectivity index (χ2n) is 15.9. The van der Waals surface area contributed by atoms with Crippen molar-refractivity contribution in [3.8, 4) is 6.07 Å². The standard InChI is InChI=1S/C41H57N5O7S/c1-26(2)17-34(40(50)45-33(18-28-11-7-5-8-12-28)36(47)22-38(48)43-24-27(3)4)46-41(51)35(19-29-13-9-6-10-14-29)44-39(49)21-31-25-54(52,53)37-20-30(23-42)15-16-32(31)37/h6,9-10,13-16,20,26-28,31,33-36,47H,5,7-8,11-12,17-19,21-22,24-25H2,1-4H3,(H,43,48)(H,44,49)(H,45,50)(H,46,51)/t31?,33-,34-,35-,36-/m0/s1. The second-order valence-corrected chi connectivity index (χ2v) is 17.9. The van der Waals surface area contributed by atoms with Crippen molar-refractivity contribution in [1.82, 2.24) is 21.3 Å². The minimum Gasteiger partial charge on any atom is -0.390 e. The molecule has 2 aromatic carbocycles. The molecule has 294 valence electrons. The van der Waals surface area contributed by atoms with E-state index in [-0.39, 0.29) is 65.6 Å². The van der Waals surface area contributed by atoms with E-state index in [0.717, 1.165) is 37.7 Å². The van der Waals surface area contributed by atoms with E-state index in [9.17, 15) is 38.0 Å². The third-order valence-electron chi connectivity index (χ3n) is 10.3. The van der Waals surface area contributed by atoms with Crippen LogP contribution in [-0.4, -0.2) is 73.7 Å². The largest absolute Gasteiger partial charge is 0.390 e.